The van der Waals surface area contributed by atoms with Crippen molar-refractivity contribution in [2.24, 2.45) is 5.92 Å². The Morgan fingerprint density at radius 3 is 2.77 bits per heavy atom. The molecule has 0 saturated carbocycles. The van der Waals surface area contributed by atoms with Crippen LogP contribution in [0.3, 0.4) is 0 Å². The number of carbonyl (C=O) groups excluding carboxylic acids is 2. The summed E-state index contributed by atoms with van der Waals surface area (Å²) in [5.41, 5.74) is -0.471. The van der Waals surface area contributed by atoms with Crippen LogP contribution < -0.4 is 0 Å². The SMILES string of the molecule is CN(C[C@H]1CCN(C(=O)OC(C)(C)C)C1)C(=O)c1cccs1. The molecule has 2 amide bonds. The number of nitrogens with zero attached hydrogens (tertiary/aromatic N) is 2. The highest BCUT2D eigenvalue weighted by atomic mass is 32.1. The summed E-state index contributed by atoms with van der Waals surface area (Å²) in [6.07, 6.45) is 0.642. The Balaban J connectivity index is 1.83. The number of likely N-dealkylation sites (tertiary alicyclic amines) is 1. The predicted octanol–water partition coefficient (Wildman–Crippen LogP) is 3.08. The minimum Gasteiger partial charge on any atom is -0.444 e. The molecule has 6 heteroatoms. The minimum absolute atomic E-state index is 0.0470. The van der Waals surface area contributed by atoms with Gasteiger partial charge in [-0.25, -0.2) is 4.79 Å². The monoisotopic (exact) mass is 324 g/mol. The van der Waals surface area contributed by atoms with E-state index in [1.54, 1.807) is 9.80 Å². The van der Waals surface area contributed by atoms with E-state index in [4.69, 9.17) is 4.74 Å². The average Bonchev–Trinajstić information content (AvgIpc) is 3.06. The Hall–Kier alpha value is -1.56. The Morgan fingerprint density at radius 2 is 2.18 bits per heavy atom. The van der Waals surface area contributed by atoms with Crippen molar-refractivity contribution in [3.05, 3.63) is 22.4 Å². The van der Waals surface area contributed by atoms with E-state index in [1.165, 1.54) is 11.3 Å². The molecule has 1 fully saturated rings. The summed E-state index contributed by atoms with van der Waals surface area (Å²) in [5, 5.41) is 1.90. The first-order chi connectivity index (χ1) is 10.3. The van der Waals surface area contributed by atoms with Crippen molar-refractivity contribution in [1.82, 2.24) is 9.80 Å². The molecule has 1 aliphatic heterocycles. The molecule has 0 spiro atoms. The van der Waals surface area contributed by atoms with Crippen LogP contribution in [0.4, 0.5) is 4.79 Å². The van der Waals surface area contributed by atoms with Crippen LogP contribution in [-0.4, -0.2) is 54.1 Å². The number of thiophene rings is 1. The summed E-state index contributed by atoms with van der Waals surface area (Å²) >= 11 is 1.45. The van der Waals surface area contributed by atoms with E-state index in [9.17, 15) is 9.59 Å². The van der Waals surface area contributed by atoms with Crippen molar-refractivity contribution in [2.45, 2.75) is 32.8 Å². The molecule has 0 bridgehead atoms. The lowest BCUT2D eigenvalue weighted by atomic mass is 10.1. The van der Waals surface area contributed by atoms with E-state index < -0.39 is 5.60 Å². The second-order valence-electron chi connectivity index (χ2n) is 6.74. The second kappa shape index (κ2) is 6.69. The van der Waals surface area contributed by atoms with Gasteiger partial charge >= 0.3 is 6.09 Å². The van der Waals surface area contributed by atoms with Gasteiger partial charge in [0.15, 0.2) is 0 Å². The van der Waals surface area contributed by atoms with Gasteiger partial charge in [0.2, 0.25) is 0 Å². The summed E-state index contributed by atoms with van der Waals surface area (Å²) in [6.45, 7) is 7.61. The highest BCUT2D eigenvalue weighted by Gasteiger charge is 2.31. The lowest BCUT2D eigenvalue weighted by Gasteiger charge is -2.25. The molecule has 0 N–H and O–H groups in total. The van der Waals surface area contributed by atoms with Gasteiger partial charge in [-0.1, -0.05) is 6.07 Å². The lowest BCUT2D eigenvalue weighted by Crippen LogP contribution is -2.37. The molecule has 0 aromatic carbocycles. The van der Waals surface area contributed by atoms with Crippen LogP contribution in [0.5, 0.6) is 0 Å². The van der Waals surface area contributed by atoms with Crippen molar-refractivity contribution < 1.29 is 14.3 Å². The molecular weight excluding hydrogens is 300 g/mol. The topological polar surface area (TPSA) is 49.9 Å². The first-order valence-corrected chi connectivity index (χ1v) is 8.41. The fraction of sp³-hybridized carbons (Fsp3) is 0.625. The standard InChI is InChI=1S/C16H24N2O3S/c1-16(2,3)21-15(20)18-8-7-12(11-18)10-17(4)14(19)13-6-5-9-22-13/h5-6,9,12H,7-8,10-11H2,1-4H3/t12-/m1/s1. The van der Waals surface area contributed by atoms with Crippen LogP contribution in [0.15, 0.2) is 17.5 Å². The van der Waals surface area contributed by atoms with Crippen LogP contribution in [0, 0.1) is 5.92 Å². The zero-order valence-electron chi connectivity index (χ0n) is 13.7. The van der Waals surface area contributed by atoms with Crippen LogP contribution in [0.25, 0.3) is 0 Å². The average molecular weight is 324 g/mol. The number of rotatable bonds is 3. The van der Waals surface area contributed by atoms with Crippen LogP contribution >= 0.6 is 11.3 Å². The summed E-state index contributed by atoms with van der Waals surface area (Å²) in [7, 11) is 1.82. The molecule has 0 unspecified atom stereocenters. The molecule has 22 heavy (non-hydrogen) atoms. The third kappa shape index (κ3) is 4.47. The minimum atomic E-state index is -0.471. The third-order valence-corrected chi connectivity index (χ3v) is 4.41. The Labute approximate surface area is 135 Å². The highest BCUT2D eigenvalue weighted by molar-refractivity contribution is 7.12. The van der Waals surface area contributed by atoms with Gasteiger partial charge in [-0.15, -0.1) is 11.3 Å². The summed E-state index contributed by atoms with van der Waals surface area (Å²) in [4.78, 5) is 28.5. The first-order valence-electron chi connectivity index (χ1n) is 7.53. The van der Waals surface area contributed by atoms with E-state index in [-0.39, 0.29) is 12.0 Å². The van der Waals surface area contributed by atoms with Crippen LogP contribution in [0.1, 0.15) is 36.9 Å². The first kappa shape index (κ1) is 16.8. The van der Waals surface area contributed by atoms with E-state index in [2.05, 4.69) is 0 Å². The molecule has 2 heterocycles. The molecule has 0 aliphatic carbocycles. The normalized spacial score (nSPS) is 18.4. The highest BCUT2D eigenvalue weighted by Crippen LogP contribution is 2.21. The number of hydrogen-bond donors (Lipinski definition) is 0. The zero-order valence-corrected chi connectivity index (χ0v) is 14.5. The third-order valence-electron chi connectivity index (χ3n) is 3.55. The number of hydrogen-bond acceptors (Lipinski definition) is 4. The van der Waals surface area contributed by atoms with E-state index in [0.29, 0.717) is 25.6 Å². The van der Waals surface area contributed by atoms with Gasteiger partial charge in [0.1, 0.15) is 5.60 Å². The molecule has 1 saturated heterocycles. The van der Waals surface area contributed by atoms with Gasteiger partial charge in [0.25, 0.3) is 5.91 Å². The summed E-state index contributed by atoms with van der Waals surface area (Å²) in [5.74, 6) is 0.354. The van der Waals surface area contributed by atoms with Crippen LogP contribution in [0.2, 0.25) is 0 Å². The smallest absolute Gasteiger partial charge is 0.410 e. The van der Waals surface area contributed by atoms with Gasteiger partial charge in [0.05, 0.1) is 4.88 Å². The van der Waals surface area contributed by atoms with Crippen molar-refractivity contribution in [1.29, 1.82) is 0 Å². The van der Waals surface area contributed by atoms with Gasteiger partial charge in [-0.3, -0.25) is 4.79 Å². The van der Waals surface area contributed by atoms with Crippen molar-refractivity contribution in [3.63, 3.8) is 0 Å². The molecular formula is C16H24N2O3S. The maximum Gasteiger partial charge on any atom is 0.410 e. The Kier molecular flexibility index (Phi) is 5.11. The molecule has 5 nitrogen and oxygen atoms in total. The fourth-order valence-electron chi connectivity index (χ4n) is 2.53. The molecule has 1 aliphatic rings. The predicted molar refractivity (Wildman–Crippen MR) is 87.2 cm³/mol. The fourth-order valence-corrected chi connectivity index (χ4v) is 3.25. The molecule has 0 radical (unpaired) electrons. The molecule has 1 aromatic heterocycles. The zero-order chi connectivity index (χ0) is 16.3. The largest absolute Gasteiger partial charge is 0.444 e. The van der Waals surface area contributed by atoms with Crippen LogP contribution in [-0.2, 0) is 4.74 Å². The van der Waals surface area contributed by atoms with Gasteiger partial charge in [-0.05, 0) is 44.6 Å². The van der Waals surface area contributed by atoms with Gasteiger partial charge in [-0.2, -0.15) is 0 Å². The van der Waals surface area contributed by atoms with Crippen molar-refractivity contribution >= 4 is 23.3 Å². The molecule has 1 atom stereocenters. The molecule has 122 valence electrons. The van der Waals surface area contributed by atoms with Crippen molar-refractivity contribution in [3.8, 4) is 0 Å². The maximum atomic E-state index is 12.2. The number of carbonyl (C=O) groups is 2. The molecule has 2 rings (SSSR count). The van der Waals surface area contributed by atoms with Crippen molar-refractivity contribution in [2.75, 3.05) is 26.7 Å². The summed E-state index contributed by atoms with van der Waals surface area (Å²) in [6, 6.07) is 3.72. The maximum absolute atomic E-state index is 12.2. The molecule has 1 aromatic rings. The summed E-state index contributed by atoms with van der Waals surface area (Å²) < 4.78 is 5.39. The quantitative estimate of drug-likeness (QED) is 0.858. The lowest BCUT2D eigenvalue weighted by molar-refractivity contribution is 0.0286. The Morgan fingerprint density at radius 1 is 1.45 bits per heavy atom. The van der Waals surface area contributed by atoms with E-state index in [0.717, 1.165) is 11.3 Å². The van der Waals surface area contributed by atoms with E-state index in [1.807, 2.05) is 45.3 Å². The Bertz CT molecular complexity index is 522. The number of amides is 2. The van der Waals surface area contributed by atoms with Gasteiger partial charge in [0, 0.05) is 26.7 Å². The van der Waals surface area contributed by atoms with E-state index >= 15 is 0 Å². The second-order valence-corrected chi connectivity index (χ2v) is 7.69. The number of ether oxygens (including phenoxy) is 1. The van der Waals surface area contributed by atoms with Gasteiger partial charge < -0.3 is 14.5 Å².